The molecule has 2 heterocycles. The quantitative estimate of drug-likeness (QED) is 0.771. The third-order valence-electron chi connectivity index (χ3n) is 5.54. The van der Waals surface area contributed by atoms with Gasteiger partial charge in [-0.05, 0) is 37.8 Å². The Kier molecular flexibility index (Phi) is 7.46. The first kappa shape index (κ1) is 21.1. The van der Waals surface area contributed by atoms with Crippen molar-refractivity contribution in [3.05, 3.63) is 35.9 Å². The summed E-state index contributed by atoms with van der Waals surface area (Å²) in [6, 6.07) is 8.26. The number of urea groups is 1. The molecule has 0 spiro atoms. The first-order chi connectivity index (χ1) is 14.1. The molecule has 3 rings (SSSR count). The Balaban J connectivity index is 1.70. The Labute approximate surface area is 171 Å². The summed E-state index contributed by atoms with van der Waals surface area (Å²) < 4.78 is 5.36. The van der Waals surface area contributed by atoms with Crippen LogP contribution < -0.4 is 10.6 Å². The van der Waals surface area contributed by atoms with Crippen LogP contribution in [0.2, 0.25) is 0 Å². The van der Waals surface area contributed by atoms with Gasteiger partial charge in [-0.2, -0.15) is 0 Å². The molecule has 0 unspecified atom stereocenters. The number of carbonyl (C=O) groups is 3. The van der Waals surface area contributed by atoms with E-state index in [1.807, 2.05) is 13.0 Å². The molecule has 0 radical (unpaired) electrons. The van der Waals surface area contributed by atoms with Crippen molar-refractivity contribution >= 4 is 17.8 Å². The molecule has 0 bridgehead atoms. The lowest BCUT2D eigenvalue weighted by molar-refractivity contribution is -0.139. The minimum atomic E-state index is -0.600. The summed E-state index contributed by atoms with van der Waals surface area (Å²) >= 11 is 0. The maximum absolute atomic E-state index is 13.2. The van der Waals surface area contributed by atoms with E-state index in [1.165, 1.54) is 0 Å². The van der Waals surface area contributed by atoms with Crippen molar-refractivity contribution < 1.29 is 19.1 Å². The lowest BCUT2D eigenvalue weighted by Gasteiger charge is -2.38. The SMILES string of the molecule is CCNC(=O)N1CCC([C@H](NC(=O)c2ccccc2)C(=O)N2CCOCC2)CC1. The molecular weight excluding hydrogens is 372 g/mol. The largest absolute Gasteiger partial charge is 0.378 e. The minimum Gasteiger partial charge on any atom is -0.378 e. The number of benzene rings is 1. The van der Waals surface area contributed by atoms with Gasteiger partial charge < -0.3 is 25.2 Å². The van der Waals surface area contributed by atoms with Gasteiger partial charge in [0.1, 0.15) is 6.04 Å². The molecule has 1 aromatic carbocycles. The topological polar surface area (TPSA) is 91.0 Å². The normalized spacial score (nSPS) is 18.8. The van der Waals surface area contributed by atoms with E-state index < -0.39 is 6.04 Å². The molecule has 4 amide bonds. The standard InChI is InChI=1S/C21H30N4O4/c1-2-22-21(28)25-10-8-16(9-11-25)18(20(27)24-12-14-29-15-13-24)23-19(26)17-6-4-3-5-7-17/h3-7,16,18H,2,8-15H2,1H3,(H,22,28)(H,23,26)/t18-/m0/s1. The third-order valence-corrected chi connectivity index (χ3v) is 5.54. The number of ether oxygens (including phenoxy) is 1. The monoisotopic (exact) mass is 402 g/mol. The van der Waals surface area contributed by atoms with Crippen molar-refractivity contribution in [1.82, 2.24) is 20.4 Å². The van der Waals surface area contributed by atoms with E-state index in [1.54, 1.807) is 34.1 Å². The van der Waals surface area contributed by atoms with Gasteiger partial charge in [-0.3, -0.25) is 9.59 Å². The number of likely N-dealkylation sites (tertiary alicyclic amines) is 1. The molecule has 1 atom stereocenters. The van der Waals surface area contributed by atoms with Crippen LogP contribution in [0.1, 0.15) is 30.1 Å². The molecule has 2 saturated heterocycles. The van der Waals surface area contributed by atoms with E-state index in [2.05, 4.69) is 10.6 Å². The lowest BCUT2D eigenvalue weighted by atomic mass is 9.88. The number of nitrogens with one attached hydrogen (secondary N) is 2. The van der Waals surface area contributed by atoms with Crippen molar-refractivity contribution in [2.24, 2.45) is 5.92 Å². The van der Waals surface area contributed by atoms with Crippen molar-refractivity contribution in [1.29, 1.82) is 0 Å². The van der Waals surface area contributed by atoms with Crippen LogP contribution in [0.15, 0.2) is 30.3 Å². The highest BCUT2D eigenvalue weighted by Crippen LogP contribution is 2.23. The maximum atomic E-state index is 13.2. The number of hydrogen-bond donors (Lipinski definition) is 2. The molecule has 158 valence electrons. The smallest absolute Gasteiger partial charge is 0.317 e. The number of amides is 4. The molecule has 8 heteroatoms. The molecule has 29 heavy (non-hydrogen) atoms. The Morgan fingerprint density at radius 1 is 1.03 bits per heavy atom. The van der Waals surface area contributed by atoms with Crippen LogP contribution in [-0.4, -0.2) is 79.6 Å². The van der Waals surface area contributed by atoms with E-state index >= 15 is 0 Å². The molecule has 2 aliphatic heterocycles. The number of hydrogen-bond acceptors (Lipinski definition) is 4. The Hall–Kier alpha value is -2.61. The Bertz CT molecular complexity index is 698. The van der Waals surface area contributed by atoms with Gasteiger partial charge in [-0.15, -0.1) is 0 Å². The number of piperidine rings is 1. The first-order valence-corrected chi connectivity index (χ1v) is 10.4. The lowest BCUT2D eigenvalue weighted by Crippen LogP contribution is -2.57. The van der Waals surface area contributed by atoms with E-state index in [4.69, 9.17) is 4.74 Å². The Morgan fingerprint density at radius 2 is 1.69 bits per heavy atom. The van der Waals surface area contributed by atoms with Gasteiger partial charge in [-0.25, -0.2) is 4.79 Å². The van der Waals surface area contributed by atoms with Crippen molar-refractivity contribution in [3.8, 4) is 0 Å². The fourth-order valence-electron chi connectivity index (χ4n) is 3.87. The van der Waals surface area contributed by atoms with Crippen molar-refractivity contribution in [2.75, 3.05) is 45.9 Å². The molecule has 0 aliphatic carbocycles. The predicted molar refractivity (Wildman–Crippen MR) is 108 cm³/mol. The summed E-state index contributed by atoms with van der Waals surface area (Å²) in [5, 5.41) is 5.79. The predicted octanol–water partition coefficient (Wildman–Crippen LogP) is 1.09. The average molecular weight is 402 g/mol. The van der Waals surface area contributed by atoms with Gasteiger partial charge in [0.15, 0.2) is 0 Å². The molecule has 0 aromatic heterocycles. The van der Waals surface area contributed by atoms with Crippen LogP contribution in [-0.2, 0) is 9.53 Å². The summed E-state index contributed by atoms with van der Waals surface area (Å²) in [6.45, 7) is 5.73. The molecule has 2 fully saturated rings. The van der Waals surface area contributed by atoms with E-state index in [0.29, 0.717) is 64.3 Å². The van der Waals surface area contributed by atoms with Gasteiger partial charge in [-0.1, -0.05) is 18.2 Å². The van der Waals surface area contributed by atoms with Crippen LogP contribution in [0, 0.1) is 5.92 Å². The summed E-state index contributed by atoms with van der Waals surface area (Å²) in [5.41, 5.74) is 0.534. The summed E-state index contributed by atoms with van der Waals surface area (Å²) in [6.07, 6.45) is 1.35. The fourth-order valence-corrected chi connectivity index (χ4v) is 3.87. The number of rotatable bonds is 5. The second kappa shape index (κ2) is 10.2. The zero-order valence-electron chi connectivity index (χ0n) is 16.9. The van der Waals surface area contributed by atoms with Crippen LogP contribution in [0.4, 0.5) is 4.79 Å². The van der Waals surface area contributed by atoms with Gasteiger partial charge in [0.05, 0.1) is 13.2 Å². The van der Waals surface area contributed by atoms with Crippen LogP contribution in [0.25, 0.3) is 0 Å². The zero-order valence-corrected chi connectivity index (χ0v) is 16.9. The van der Waals surface area contributed by atoms with Crippen LogP contribution in [0.5, 0.6) is 0 Å². The van der Waals surface area contributed by atoms with Gasteiger partial charge in [0, 0.05) is 38.3 Å². The zero-order chi connectivity index (χ0) is 20.6. The highest BCUT2D eigenvalue weighted by atomic mass is 16.5. The first-order valence-electron chi connectivity index (χ1n) is 10.4. The molecule has 8 nitrogen and oxygen atoms in total. The number of morpholine rings is 1. The van der Waals surface area contributed by atoms with E-state index in [0.717, 1.165) is 0 Å². The van der Waals surface area contributed by atoms with Gasteiger partial charge in [0.25, 0.3) is 5.91 Å². The summed E-state index contributed by atoms with van der Waals surface area (Å²) in [4.78, 5) is 41.6. The second-order valence-electron chi connectivity index (χ2n) is 7.41. The minimum absolute atomic E-state index is 0.0105. The summed E-state index contributed by atoms with van der Waals surface area (Å²) in [5.74, 6) is -0.318. The van der Waals surface area contributed by atoms with E-state index in [-0.39, 0.29) is 23.8 Å². The van der Waals surface area contributed by atoms with Crippen molar-refractivity contribution in [3.63, 3.8) is 0 Å². The highest BCUT2D eigenvalue weighted by molar-refractivity contribution is 5.97. The molecule has 2 N–H and O–H groups in total. The second-order valence-corrected chi connectivity index (χ2v) is 7.41. The van der Waals surface area contributed by atoms with E-state index in [9.17, 15) is 14.4 Å². The summed E-state index contributed by atoms with van der Waals surface area (Å²) in [7, 11) is 0. The number of carbonyl (C=O) groups excluding carboxylic acids is 3. The van der Waals surface area contributed by atoms with Gasteiger partial charge >= 0.3 is 6.03 Å². The molecule has 0 saturated carbocycles. The molecule has 2 aliphatic rings. The Morgan fingerprint density at radius 3 is 2.31 bits per heavy atom. The highest BCUT2D eigenvalue weighted by Gasteiger charge is 2.36. The molecular formula is C21H30N4O4. The third kappa shape index (κ3) is 5.47. The van der Waals surface area contributed by atoms with Crippen molar-refractivity contribution in [2.45, 2.75) is 25.8 Å². The average Bonchev–Trinajstić information content (AvgIpc) is 2.78. The van der Waals surface area contributed by atoms with Crippen LogP contribution in [0.3, 0.4) is 0 Å². The van der Waals surface area contributed by atoms with Crippen LogP contribution >= 0.6 is 0 Å². The maximum Gasteiger partial charge on any atom is 0.317 e. The molecule has 1 aromatic rings. The van der Waals surface area contributed by atoms with Gasteiger partial charge in [0.2, 0.25) is 5.91 Å². The number of nitrogens with zero attached hydrogens (tertiary/aromatic N) is 2. The fraction of sp³-hybridized carbons (Fsp3) is 0.571.